The van der Waals surface area contributed by atoms with Gasteiger partial charge in [0, 0.05) is 24.0 Å². The van der Waals surface area contributed by atoms with Crippen LogP contribution in [0.15, 0.2) is 29.4 Å². The number of isocyanates is 3. The van der Waals surface area contributed by atoms with Gasteiger partial charge in [0.25, 0.3) is 0 Å². The molecule has 3 saturated carbocycles. The molecule has 0 aromatic carbocycles. The van der Waals surface area contributed by atoms with E-state index in [9.17, 15) is 28.8 Å². The highest BCUT2D eigenvalue weighted by molar-refractivity contribution is 5.34. The predicted molar refractivity (Wildman–Crippen MR) is 169 cm³/mol. The van der Waals surface area contributed by atoms with E-state index < -0.39 is 23.1 Å². The maximum Gasteiger partial charge on any atom is 0.336 e. The fourth-order valence-corrected chi connectivity index (χ4v) is 8.65. The summed E-state index contributed by atoms with van der Waals surface area (Å²) in [5.41, 5.74) is -1.72. The number of carbonyl (C=O) groups excluding carboxylic acids is 3. The number of hydrogen-bond donors (Lipinski definition) is 0. The molecule has 4 rings (SSSR count). The van der Waals surface area contributed by atoms with Crippen molar-refractivity contribution < 1.29 is 14.4 Å². The Bertz CT molecular complexity index is 1390. The number of nitrogens with zero attached hydrogens (tertiary/aromatic N) is 6. The summed E-state index contributed by atoms with van der Waals surface area (Å²) in [6.45, 7) is 5.91. The Labute approximate surface area is 263 Å². The summed E-state index contributed by atoms with van der Waals surface area (Å²) in [5.74, 6) is 0.141. The molecule has 0 N–H and O–H groups in total. The van der Waals surface area contributed by atoms with Gasteiger partial charge in [0.2, 0.25) is 18.2 Å². The minimum Gasteiger partial charge on any atom is -0.247 e. The van der Waals surface area contributed by atoms with Gasteiger partial charge in [-0.05, 0) is 95.3 Å². The first-order chi connectivity index (χ1) is 21.8. The zero-order chi connectivity index (χ0) is 32.5. The number of aromatic nitrogens is 3. The van der Waals surface area contributed by atoms with Crippen molar-refractivity contribution in [3.05, 3.63) is 31.5 Å². The lowest BCUT2D eigenvalue weighted by Crippen LogP contribution is -2.59. The molecule has 12 heteroatoms. The van der Waals surface area contributed by atoms with Gasteiger partial charge in [0.05, 0.1) is 18.1 Å². The zero-order valence-electron chi connectivity index (χ0n) is 26.9. The standard InChI is InChI=1S/C33H48N6O6/c1-4-27(34-19-40)22-11-15-24(16-12-22)37-31(43)38(25-17-13-23(14-18-25)28(5-2)35-20-41)33(45)39(32(37)44)30-10-8-7-9-26(30)29(6-3)36-21-42/h22-30H,4-18H2,1-3H3. The van der Waals surface area contributed by atoms with Gasteiger partial charge in [-0.15, -0.1) is 0 Å². The highest BCUT2D eigenvalue weighted by Gasteiger charge is 2.38. The monoisotopic (exact) mass is 624 g/mol. The normalized spacial score (nSPS) is 28.9. The van der Waals surface area contributed by atoms with E-state index in [0.29, 0.717) is 77.0 Å². The average Bonchev–Trinajstić information content (AvgIpc) is 3.06. The fourth-order valence-electron chi connectivity index (χ4n) is 8.65. The van der Waals surface area contributed by atoms with Gasteiger partial charge in [-0.3, -0.25) is 0 Å². The summed E-state index contributed by atoms with van der Waals surface area (Å²) in [5, 5.41) is 0. The fraction of sp³-hybridized carbons (Fsp3) is 0.818. The number of rotatable bonds is 12. The van der Waals surface area contributed by atoms with Crippen molar-refractivity contribution in [2.75, 3.05) is 0 Å². The maximum atomic E-state index is 14.4. The van der Waals surface area contributed by atoms with Crippen LogP contribution in [-0.4, -0.2) is 50.1 Å². The van der Waals surface area contributed by atoms with Crippen LogP contribution in [0.2, 0.25) is 0 Å². The molecule has 246 valence electrons. The molecule has 1 aromatic heterocycles. The molecule has 45 heavy (non-hydrogen) atoms. The molecule has 12 nitrogen and oxygen atoms in total. The molecule has 3 aliphatic carbocycles. The number of aliphatic imine (C=N–C) groups is 3. The molecule has 0 radical (unpaired) electrons. The van der Waals surface area contributed by atoms with Crippen molar-refractivity contribution in [1.82, 2.24) is 13.7 Å². The van der Waals surface area contributed by atoms with E-state index in [2.05, 4.69) is 15.0 Å². The van der Waals surface area contributed by atoms with Gasteiger partial charge in [-0.1, -0.05) is 33.6 Å². The predicted octanol–water partition coefficient (Wildman–Crippen LogP) is 4.71. The first-order valence-electron chi connectivity index (χ1n) is 17.0. The third-order valence-corrected chi connectivity index (χ3v) is 11.1. The van der Waals surface area contributed by atoms with Crippen LogP contribution in [0, 0.1) is 17.8 Å². The summed E-state index contributed by atoms with van der Waals surface area (Å²) >= 11 is 0. The van der Waals surface area contributed by atoms with E-state index in [1.165, 1.54) is 13.7 Å². The van der Waals surface area contributed by atoms with E-state index in [4.69, 9.17) is 0 Å². The highest BCUT2D eigenvalue weighted by atomic mass is 16.2. The van der Waals surface area contributed by atoms with E-state index >= 15 is 0 Å². The van der Waals surface area contributed by atoms with Crippen molar-refractivity contribution in [3.63, 3.8) is 0 Å². The van der Waals surface area contributed by atoms with E-state index in [-0.39, 0.29) is 48.0 Å². The quantitative estimate of drug-likeness (QED) is 0.242. The van der Waals surface area contributed by atoms with Gasteiger partial charge in [-0.2, -0.15) is 0 Å². The van der Waals surface area contributed by atoms with Crippen LogP contribution in [0.3, 0.4) is 0 Å². The average molecular weight is 625 g/mol. The summed E-state index contributed by atoms with van der Waals surface area (Å²) in [6, 6.07) is -1.88. The van der Waals surface area contributed by atoms with E-state index in [1.54, 1.807) is 18.2 Å². The van der Waals surface area contributed by atoms with Crippen LogP contribution < -0.4 is 17.1 Å². The Hall–Kier alpha value is -3.45. The molecular weight excluding hydrogens is 576 g/mol. The van der Waals surface area contributed by atoms with Crippen LogP contribution >= 0.6 is 0 Å². The Morgan fingerprint density at radius 1 is 0.556 bits per heavy atom. The smallest absolute Gasteiger partial charge is 0.247 e. The SMILES string of the molecule is CCC(N=C=O)C1CCC(n2c(=O)n(C3CCC(C(CC)N=C=O)CC3)c(=O)n(C3CCCCC3C(CC)N=C=O)c2=O)CC1. The second-order valence-electron chi connectivity index (χ2n) is 13.2. The molecule has 3 fully saturated rings. The van der Waals surface area contributed by atoms with Crippen molar-refractivity contribution in [2.45, 2.75) is 153 Å². The highest BCUT2D eigenvalue weighted by Crippen LogP contribution is 2.39. The summed E-state index contributed by atoms with van der Waals surface area (Å²) in [4.78, 5) is 88.3. The molecule has 0 spiro atoms. The summed E-state index contributed by atoms with van der Waals surface area (Å²) < 4.78 is 3.98. The lowest BCUT2D eigenvalue weighted by Gasteiger charge is -2.38. The lowest BCUT2D eigenvalue weighted by atomic mass is 9.79. The molecule has 5 unspecified atom stereocenters. The number of hydrogen-bond acceptors (Lipinski definition) is 9. The molecular formula is C33H48N6O6. The van der Waals surface area contributed by atoms with Crippen molar-refractivity contribution in [3.8, 4) is 0 Å². The topological polar surface area (TPSA) is 154 Å². The van der Waals surface area contributed by atoms with Gasteiger partial charge in [0.1, 0.15) is 0 Å². The minimum absolute atomic E-state index is 0.135. The van der Waals surface area contributed by atoms with Crippen LogP contribution in [0.4, 0.5) is 0 Å². The Balaban J connectivity index is 1.79. The largest absolute Gasteiger partial charge is 0.336 e. The van der Waals surface area contributed by atoms with E-state index in [1.807, 2.05) is 20.8 Å². The Morgan fingerprint density at radius 3 is 1.33 bits per heavy atom. The van der Waals surface area contributed by atoms with Gasteiger partial charge < -0.3 is 0 Å². The molecule has 1 heterocycles. The Morgan fingerprint density at radius 2 is 0.933 bits per heavy atom. The molecule has 1 aromatic rings. The molecule has 3 aliphatic rings. The Kier molecular flexibility index (Phi) is 12.4. The van der Waals surface area contributed by atoms with Crippen molar-refractivity contribution >= 4 is 18.2 Å². The molecule has 0 amide bonds. The first kappa shape index (κ1) is 34.4. The van der Waals surface area contributed by atoms with Gasteiger partial charge in [0.15, 0.2) is 0 Å². The molecule has 0 aliphatic heterocycles. The van der Waals surface area contributed by atoms with E-state index in [0.717, 1.165) is 19.3 Å². The summed E-state index contributed by atoms with van der Waals surface area (Å²) in [6.07, 6.45) is 15.2. The van der Waals surface area contributed by atoms with Crippen molar-refractivity contribution in [2.24, 2.45) is 32.7 Å². The maximum absolute atomic E-state index is 14.4. The molecule has 0 bridgehead atoms. The third-order valence-electron chi connectivity index (χ3n) is 11.1. The molecule has 0 saturated heterocycles. The van der Waals surface area contributed by atoms with Crippen LogP contribution in [0.25, 0.3) is 0 Å². The zero-order valence-corrected chi connectivity index (χ0v) is 26.9. The molecule has 5 atom stereocenters. The third kappa shape index (κ3) is 7.35. The second-order valence-corrected chi connectivity index (χ2v) is 13.2. The van der Waals surface area contributed by atoms with Crippen molar-refractivity contribution in [1.29, 1.82) is 0 Å². The van der Waals surface area contributed by atoms with Crippen LogP contribution in [-0.2, 0) is 14.4 Å². The summed E-state index contributed by atoms with van der Waals surface area (Å²) in [7, 11) is 0. The first-order valence-corrected chi connectivity index (χ1v) is 17.0. The van der Waals surface area contributed by atoms with Crippen LogP contribution in [0.5, 0.6) is 0 Å². The van der Waals surface area contributed by atoms with Gasteiger partial charge >= 0.3 is 17.1 Å². The lowest BCUT2D eigenvalue weighted by molar-refractivity contribution is 0.164. The van der Waals surface area contributed by atoms with Crippen LogP contribution in [0.1, 0.15) is 135 Å². The van der Waals surface area contributed by atoms with Gasteiger partial charge in [-0.25, -0.2) is 57.4 Å². The minimum atomic E-state index is -0.579. The second kappa shape index (κ2) is 16.2.